The number of hydrogen-bond donors (Lipinski definition) is 1. The van der Waals surface area contributed by atoms with Crippen LogP contribution in [0.2, 0.25) is 0 Å². The molecular formula is C15H18ClNO3. The first-order chi connectivity index (χ1) is 9.62. The lowest BCUT2D eigenvalue weighted by Gasteiger charge is -2.37. The number of halogens is 1. The quantitative estimate of drug-likeness (QED) is 0.868. The second-order valence-electron chi connectivity index (χ2n) is 4.95. The summed E-state index contributed by atoms with van der Waals surface area (Å²) in [5.74, 6) is 0.222. The van der Waals surface area contributed by atoms with Gasteiger partial charge in [0.15, 0.2) is 5.78 Å². The van der Waals surface area contributed by atoms with Crippen LogP contribution in [-0.2, 0) is 15.1 Å². The van der Waals surface area contributed by atoms with Gasteiger partial charge in [-0.2, -0.15) is 0 Å². The summed E-state index contributed by atoms with van der Waals surface area (Å²) in [6.07, 6.45) is 2.83. The third-order valence-electron chi connectivity index (χ3n) is 3.72. The maximum Gasteiger partial charge on any atom is 0.235 e. The van der Waals surface area contributed by atoms with Crippen LogP contribution in [0.25, 0.3) is 0 Å². The van der Waals surface area contributed by atoms with E-state index in [1.54, 1.807) is 13.2 Å². The maximum absolute atomic E-state index is 12.5. The molecule has 1 aromatic rings. The van der Waals surface area contributed by atoms with Gasteiger partial charge < -0.3 is 10.1 Å². The Hall–Kier alpha value is -1.55. The third-order valence-corrected chi connectivity index (χ3v) is 3.96. The van der Waals surface area contributed by atoms with Gasteiger partial charge in [-0.3, -0.25) is 9.59 Å². The zero-order chi connectivity index (χ0) is 14.6. The fraction of sp³-hybridized carbons (Fsp3) is 0.467. The first-order valence-electron chi connectivity index (χ1n) is 6.67. The molecule has 0 aromatic heterocycles. The largest absolute Gasteiger partial charge is 0.497 e. The molecule has 1 aromatic carbocycles. The number of amides is 1. The topological polar surface area (TPSA) is 55.4 Å². The van der Waals surface area contributed by atoms with Gasteiger partial charge in [0, 0.05) is 6.42 Å². The Balaban J connectivity index is 2.44. The van der Waals surface area contributed by atoms with E-state index < -0.39 is 5.54 Å². The van der Waals surface area contributed by atoms with Crippen LogP contribution in [0, 0.1) is 0 Å². The van der Waals surface area contributed by atoms with Gasteiger partial charge in [0.25, 0.3) is 0 Å². The van der Waals surface area contributed by atoms with Crippen molar-refractivity contribution in [2.24, 2.45) is 0 Å². The van der Waals surface area contributed by atoms with E-state index in [0.717, 1.165) is 18.4 Å². The van der Waals surface area contributed by atoms with Crippen molar-refractivity contribution < 1.29 is 14.3 Å². The summed E-state index contributed by atoms with van der Waals surface area (Å²) in [5.41, 5.74) is -0.196. The fourth-order valence-corrected chi connectivity index (χ4v) is 2.76. The molecule has 1 N–H and O–H groups in total. The highest BCUT2D eigenvalue weighted by Crippen LogP contribution is 2.35. The van der Waals surface area contributed by atoms with Crippen molar-refractivity contribution in [2.45, 2.75) is 31.2 Å². The van der Waals surface area contributed by atoms with Crippen LogP contribution in [0.3, 0.4) is 0 Å². The number of benzene rings is 1. The molecule has 1 saturated carbocycles. The van der Waals surface area contributed by atoms with Gasteiger partial charge >= 0.3 is 0 Å². The number of methoxy groups -OCH3 is 1. The highest BCUT2D eigenvalue weighted by Gasteiger charge is 2.42. The number of rotatable bonds is 4. The van der Waals surface area contributed by atoms with Gasteiger partial charge in [-0.25, -0.2) is 0 Å². The minimum atomic E-state index is -0.960. The second kappa shape index (κ2) is 6.27. The molecule has 1 unspecified atom stereocenters. The summed E-state index contributed by atoms with van der Waals surface area (Å²) in [5, 5.41) is 2.82. The van der Waals surface area contributed by atoms with E-state index in [2.05, 4.69) is 5.32 Å². The first-order valence-corrected chi connectivity index (χ1v) is 7.20. The summed E-state index contributed by atoms with van der Waals surface area (Å²) in [6, 6.07) is 7.29. The highest BCUT2D eigenvalue weighted by molar-refractivity contribution is 6.27. The molecule has 4 nitrogen and oxygen atoms in total. The Morgan fingerprint density at radius 2 is 2.25 bits per heavy atom. The SMILES string of the molecule is COc1cccc(C2(NC(=O)CCl)CCCCC2=O)c1. The molecule has 1 aliphatic carbocycles. The number of Topliss-reactive ketones (excluding diaryl/α,β-unsaturated/α-hetero) is 1. The van der Waals surface area contributed by atoms with Crippen LogP contribution >= 0.6 is 11.6 Å². The molecule has 5 heteroatoms. The number of hydrogen-bond acceptors (Lipinski definition) is 3. The molecule has 0 aliphatic heterocycles. The minimum Gasteiger partial charge on any atom is -0.497 e. The molecule has 20 heavy (non-hydrogen) atoms. The molecular weight excluding hydrogens is 278 g/mol. The average molecular weight is 296 g/mol. The Bertz CT molecular complexity index is 518. The average Bonchev–Trinajstić information content (AvgIpc) is 2.49. The van der Waals surface area contributed by atoms with E-state index in [9.17, 15) is 9.59 Å². The number of ketones is 1. The number of nitrogens with one attached hydrogen (secondary N) is 1. The lowest BCUT2D eigenvalue weighted by molar-refractivity contribution is -0.133. The summed E-state index contributed by atoms with van der Waals surface area (Å²) in [6.45, 7) is 0. The lowest BCUT2D eigenvalue weighted by atomic mass is 9.75. The minimum absolute atomic E-state index is 0.0375. The molecule has 1 amide bonds. The predicted octanol–water partition coefficient (Wildman–Crippen LogP) is 2.39. The molecule has 1 atom stereocenters. The van der Waals surface area contributed by atoms with Crippen molar-refractivity contribution in [1.82, 2.24) is 5.32 Å². The molecule has 0 radical (unpaired) electrons. The Labute approximate surface area is 123 Å². The van der Waals surface area contributed by atoms with Crippen LogP contribution in [0.4, 0.5) is 0 Å². The molecule has 1 aliphatic rings. The number of ether oxygens (including phenoxy) is 1. The highest BCUT2D eigenvalue weighted by atomic mass is 35.5. The summed E-state index contributed by atoms with van der Waals surface area (Å²) < 4.78 is 5.21. The number of carbonyl (C=O) groups is 2. The monoisotopic (exact) mass is 295 g/mol. The van der Waals surface area contributed by atoms with E-state index in [1.807, 2.05) is 18.2 Å². The zero-order valence-corrected chi connectivity index (χ0v) is 12.2. The maximum atomic E-state index is 12.5. The molecule has 108 valence electrons. The van der Waals surface area contributed by atoms with Gasteiger partial charge in [-0.05, 0) is 37.0 Å². The van der Waals surface area contributed by atoms with Crippen molar-refractivity contribution >= 4 is 23.3 Å². The van der Waals surface area contributed by atoms with Crippen LogP contribution < -0.4 is 10.1 Å². The Kier molecular flexibility index (Phi) is 4.65. The Morgan fingerprint density at radius 1 is 1.45 bits per heavy atom. The standard InChI is InChI=1S/C15H18ClNO3/c1-20-12-6-4-5-11(9-12)15(17-14(19)10-16)8-3-2-7-13(15)18/h4-6,9H,2-3,7-8,10H2,1H3,(H,17,19). The fourth-order valence-electron chi connectivity index (χ4n) is 2.70. The summed E-state index contributed by atoms with van der Waals surface area (Å²) >= 11 is 5.58. The number of carbonyl (C=O) groups excluding carboxylic acids is 2. The van der Waals surface area contributed by atoms with Gasteiger partial charge in [0.05, 0.1) is 7.11 Å². The van der Waals surface area contributed by atoms with E-state index in [4.69, 9.17) is 16.3 Å². The van der Waals surface area contributed by atoms with Gasteiger partial charge in [0.2, 0.25) is 5.91 Å². The zero-order valence-electron chi connectivity index (χ0n) is 11.4. The predicted molar refractivity (Wildman–Crippen MR) is 77.0 cm³/mol. The van der Waals surface area contributed by atoms with Gasteiger partial charge in [-0.15, -0.1) is 11.6 Å². The van der Waals surface area contributed by atoms with Crippen LogP contribution in [0.5, 0.6) is 5.75 Å². The molecule has 0 saturated heterocycles. The van der Waals surface area contributed by atoms with E-state index in [1.165, 1.54) is 0 Å². The van der Waals surface area contributed by atoms with Crippen LogP contribution in [-0.4, -0.2) is 24.7 Å². The van der Waals surface area contributed by atoms with Crippen molar-refractivity contribution in [1.29, 1.82) is 0 Å². The number of alkyl halides is 1. The molecule has 2 rings (SSSR count). The summed E-state index contributed by atoms with van der Waals surface area (Å²) in [4.78, 5) is 24.2. The Morgan fingerprint density at radius 3 is 2.90 bits per heavy atom. The van der Waals surface area contributed by atoms with E-state index in [-0.39, 0.29) is 17.6 Å². The van der Waals surface area contributed by atoms with Crippen LogP contribution in [0.1, 0.15) is 31.2 Å². The smallest absolute Gasteiger partial charge is 0.235 e. The van der Waals surface area contributed by atoms with Crippen molar-refractivity contribution in [3.8, 4) is 5.75 Å². The van der Waals surface area contributed by atoms with Crippen molar-refractivity contribution in [3.05, 3.63) is 29.8 Å². The van der Waals surface area contributed by atoms with E-state index >= 15 is 0 Å². The third kappa shape index (κ3) is 2.80. The summed E-state index contributed by atoms with van der Waals surface area (Å²) in [7, 11) is 1.58. The normalized spacial score (nSPS) is 22.4. The van der Waals surface area contributed by atoms with Gasteiger partial charge in [-0.1, -0.05) is 12.1 Å². The van der Waals surface area contributed by atoms with E-state index in [0.29, 0.717) is 18.6 Å². The molecule has 0 bridgehead atoms. The van der Waals surface area contributed by atoms with Crippen molar-refractivity contribution in [3.63, 3.8) is 0 Å². The van der Waals surface area contributed by atoms with Crippen molar-refractivity contribution in [2.75, 3.05) is 13.0 Å². The molecule has 1 fully saturated rings. The molecule has 0 heterocycles. The second-order valence-corrected chi connectivity index (χ2v) is 5.22. The lowest BCUT2D eigenvalue weighted by Crippen LogP contribution is -2.53. The van der Waals surface area contributed by atoms with Crippen LogP contribution in [0.15, 0.2) is 24.3 Å². The van der Waals surface area contributed by atoms with Gasteiger partial charge in [0.1, 0.15) is 17.2 Å². The molecule has 0 spiro atoms. The first kappa shape index (κ1) is 14.9.